The summed E-state index contributed by atoms with van der Waals surface area (Å²) >= 11 is 0. The van der Waals surface area contributed by atoms with Crippen LogP contribution >= 0.6 is 0 Å². The SMILES string of the molecule is CC(C)(C)OC(=O)NCc1ccc(CN2CCC[C@H](Nc3ccc4[nH]ncc4c3)C2)cc1. The highest BCUT2D eigenvalue weighted by atomic mass is 16.6. The van der Waals surface area contributed by atoms with E-state index in [-0.39, 0.29) is 6.09 Å². The fourth-order valence-electron chi connectivity index (χ4n) is 4.09. The fraction of sp³-hybridized carbons (Fsp3) is 0.440. The summed E-state index contributed by atoms with van der Waals surface area (Å²) in [6, 6.07) is 15.2. The first-order valence-corrected chi connectivity index (χ1v) is 11.3. The lowest BCUT2D eigenvalue weighted by Crippen LogP contribution is -2.41. The zero-order valence-electron chi connectivity index (χ0n) is 19.1. The van der Waals surface area contributed by atoms with Crippen LogP contribution in [0, 0.1) is 0 Å². The van der Waals surface area contributed by atoms with Gasteiger partial charge in [-0.05, 0) is 69.5 Å². The van der Waals surface area contributed by atoms with Crippen LogP contribution in [0.1, 0.15) is 44.7 Å². The standard InChI is InChI=1S/C25H33N5O2/c1-25(2,3)32-24(31)26-14-18-6-8-19(9-7-18)16-30-12-4-5-22(17-30)28-21-10-11-23-20(13-21)15-27-29-23/h6-11,13,15,22,28H,4-5,12,14,16-17H2,1-3H3,(H,26,31)(H,27,29)/t22-/m0/s1. The maximum atomic E-state index is 11.8. The Morgan fingerprint density at radius 2 is 1.97 bits per heavy atom. The maximum absolute atomic E-state index is 11.8. The van der Waals surface area contributed by atoms with Crippen LogP contribution in [0.25, 0.3) is 10.9 Å². The van der Waals surface area contributed by atoms with Crippen molar-refractivity contribution < 1.29 is 9.53 Å². The van der Waals surface area contributed by atoms with Gasteiger partial charge in [0, 0.05) is 36.7 Å². The molecule has 1 aliphatic heterocycles. The van der Waals surface area contributed by atoms with Crippen molar-refractivity contribution in [3.8, 4) is 0 Å². The molecule has 0 saturated carbocycles. The highest BCUT2D eigenvalue weighted by Crippen LogP contribution is 2.21. The van der Waals surface area contributed by atoms with Gasteiger partial charge in [0.05, 0.1) is 11.7 Å². The number of carbonyl (C=O) groups is 1. The number of amides is 1. The van der Waals surface area contributed by atoms with Gasteiger partial charge in [-0.15, -0.1) is 0 Å². The molecule has 0 spiro atoms. The number of nitrogens with zero attached hydrogens (tertiary/aromatic N) is 2. The van der Waals surface area contributed by atoms with Crippen LogP contribution in [0.2, 0.25) is 0 Å². The van der Waals surface area contributed by atoms with Gasteiger partial charge in [-0.2, -0.15) is 5.10 Å². The van der Waals surface area contributed by atoms with Crippen LogP contribution in [-0.2, 0) is 17.8 Å². The number of carbonyl (C=O) groups excluding carboxylic acids is 1. The van der Waals surface area contributed by atoms with Crippen molar-refractivity contribution in [3.05, 3.63) is 59.8 Å². The molecular formula is C25H33N5O2. The van der Waals surface area contributed by atoms with Crippen molar-refractivity contribution in [1.82, 2.24) is 20.4 Å². The van der Waals surface area contributed by atoms with Crippen LogP contribution < -0.4 is 10.6 Å². The summed E-state index contributed by atoms with van der Waals surface area (Å²) < 4.78 is 5.29. The number of alkyl carbamates (subject to hydrolysis) is 1. The maximum Gasteiger partial charge on any atom is 0.407 e. The number of fused-ring (bicyclic) bond motifs is 1. The molecule has 0 aliphatic carbocycles. The van der Waals surface area contributed by atoms with Crippen molar-refractivity contribution in [2.75, 3.05) is 18.4 Å². The number of rotatable bonds is 6. The number of H-pyrrole nitrogens is 1. The number of ether oxygens (including phenoxy) is 1. The number of likely N-dealkylation sites (tertiary alicyclic amines) is 1. The summed E-state index contributed by atoms with van der Waals surface area (Å²) in [5, 5.41) is 14.7. The Morgan fingerprint density at radius 3 is 2.75 bits per heavy atom. The van der Waals surface area contributed by atoms with Gasteiger partial charge >= 0.3 is 6.09 Å². The molecule has 32 heavy (non-hydrogen) atoms. The van der Waals surface area contributed by atoms with E-state index < -0.39 is 5.60 Å². The minimum absolute atomic E-state index is 0.389. The quantitative estimate of drug-likeness (QED) is 0.524. The average molecular weight is 436 g/mol. The molecule has 0 unspecified atom stereocenters. The van der Waals surface area contributed by atoms with Gasteiger partial charge in [0.2, 0.25) is 0 Å². The molecule has 1 aromatic heterocycles. The van der Waals surface area contributed by atoms with E-state index in [0.29, 0.717) is 12.6 Å². The second kappa shape index (κ2) is 9.61. The smallest absolute Gasteiger partial charge is 0.407 e. The van der Waals surface area contributed by atoms with Crippen molar-refractivity contribution in [1.29, 1.82) is 0 Å². The van der Waals surface area contributed by atoms with Gasteiger partial charge in [0.25, 0.3) is 0 Å². The third-order valence-corrected chi connectivity index (χ3v) is 5.58. The Kier molecular flexibility index (Phi) is 6.65. The summed E-state index contributed by atoms with van der Waals surface area (Å²) in [7, 11) is 0. The molecule has 3 aromatic rings. The minimum atomic E-state index is -0.485. The number of hydrogen-bond acceptors (Lipinski definition) is 5. The summed E-state index contributed by atoms with van der Waals surface area (Å²) in [6.45, 7) is 9.11. The zero-order valence-corrected chi connectivity index (χ0v) is 19.1. The van der Waals surface area contributed by atoms with E-state index in [1.165, 1.54) is 18.4 Å². The molecule has 0 radical (unpaired) electrons. The van der Waals surface area contributed by atoms with Gasteiger partial charge in [0.1, 0.15) is 5.60 Å². The van der Waals surface area contributed by atoms with Crippen LogP contribution in [0.3, 0.4) is 0 Å². The van der Waals surface area contributed by atoms with E-state index >= 15 is 0 Å². The number of piperidine rings is 1. The molecule has 3 N–H and O–H groups in total. The van der Waals surface area contributed by atoms with E-state index in [1.807, 2.05) is 27.0 Å². The predicted octanol–water partition coefficient (Wildman–Crippen LogP) is 4.66. The molecule has 1 aliphatic rings. The number of anilines is 1. The molecule has 170 valence electrons. The van der Waals surface area contributed by atoms with Crippen LogP contribution in [0.5, 0.6) is 0 Å². The molecule has 2 aromatic carbocycles. The largest absolute Gasteiger partial charge is 0.444 e. The number of nitrogens with one attached hydrogen (secondary N) is 3. The van der Waals surface area contributed by atoms with Crippen LogP contribution in [0.15, 0.2) is 48.7 Å². The molecule has 1 amide bonds. The molecule has 7 heteroatoms. The first-order chi connectivity index (χ1) is 15.3. The zero-order chi connectivity index (χ0) is 22.6. The van der Waals surface area contributed by atoms with Gasteiger partial charge in [-0.25, -0.2) is 4.79 Å². The second-order valence-corrected chi connectivity index (χ2v) is 9.56. The van der Waals surface area contributed by atoms with Gasteiger partial charge < -0.3 is 15.4 Å². The van der Waals surface area contributed by atoms with E-state index in [1.54, 1.807) is 0 Å². The van der Waals surface area contributed by atoms with Crippen molar-refractivity contribution in [3.63, 3.8) is 0 Å². The first kappa shape index (κ1) is 22.1. The molecule has 0 bridgehead atoms. The average Bonchev–Trinajstić information content (AvgIpc) is 3.20. The Balaban J connectivity index is 1.26. The summed E-state index contributed by atoms with van der Waals surface area (Å²) in [4.78, 5) is 14.3. The fourth-order valence-corrected chi connectivity index (χ4v) is 4.09. The molecule has 7 nitrogen and oxygen atoms in total. The van der Waals surface area contributed by atoms with E-state index in [9.17, 15) is 4.79 Å². The van der Waals surface area contributed by atoms with Crippen LogP contribution in [0.4, 0.5) is 10.5 Å². The van der Waals surface area contributed by atoms with Crippen molar-refractivity contribution in [2.45, 2.75) is 58.3 Å². The molecular weight excluding hydrogens is 402 g/mol. The van der Waals surface area contributed by atoms with E-state index in [4.69, 9.17) is 4.74 Å². The molecule has 2 heterocycles. The summed E-state index contributed by atoms with van der Waals surface area (Å²) in [5.74, 6) is 0. The van der Waals surface area contributed by atoms with Crippen molar-refractivity contribution >= 4 is 22.7 Å². The Morgan fingerprint density at radius 1 is 1.19 bits per heavy atom. The monoisotopic (exact) mass is 435 g/mol. The van der Waals surface area contributed by atoms with Gasteiger partial charge in [0.15, 0.2) is 0 Å². The topological polar surface area (TPSA) is 82.3 Å². The Hall–Kier alpha value is -3.06. The van der Waals surface area contributed by atoms with Crippen molar-refractivity contribution in [2.24, 2.45) is 0 Å². The van der Waals surface area contributed by atoms with Crippen LogP contribution in [-0.4, -0.2) is 45.9 Å². The third kappa shape index (κ3) is 6.23. The lowest BCUT2D eigenvalue weighted by atomic mass is 10.0. The number of benzene rings is 2. The summed E-state index contributed by atoms with van der Waals surface area (Å²) in [5.41, 5.74) is 4.07. The van der Waals surface area contributed by atoms with Gasteiger partial charge in [-0.1, -0.05) is 24.3 Å². The molecule has 1 atom stereocenters. The van der Waals surface area contributed by atoms with Gasteiger partial charge in [-0.3, -0.25) is 10.00 Å². The van der Waals surface area contributed by atoms with E-state index in [0.717, 1.165) is 41.8 Å². The molecule has 1 saturated heterocycles. The minimum Gasteiger partial charge on any atom is -0.444 e. The van der Waals surface area contributed by atoms with E-state index in [2.05, 4.69) is 68.2 Å². The normalized spacial score (nSPS) is 17.3. The highest BCUT2D eigenvalue weighted by Gasteiger charge is 2.20. The Bertz CT molecular complexity index is 1040. The number of hydrogen-bond donors (Lipinski definition) is 3. The second-order valence-electron chi connectivity index (χ2n) is 9.56. The molecule has 4 rings (SSSR count). The lowest BCUT2D eigenvalue weighted by molar-refractivity contribution is 0.0523. The number of aromatic nitrogens is 2. The molecule has 1 fully saturated rings. The number of aromatic amines is 1. The summed E-state index contributed by atoms with van der Waals surface area (Å²) in [6.07, 6.45) is 3.83. The predicted molar refractivity (Wildman–Crippen MR) is 128 cm³/mol. The Labute approximate surface area is 189 Å². The third-order valence-electron chi connectivity index (χ3n) is 5.58. The first-order valence-electron chi connectivity index (χ1n) is 11.3. The highest BCUT2D eigenvalue weighted by molar-refractivity contribution is 5.81. The lowest BCUT2D eigenvalue weighted by Gasteiger charge is -2.33.